The molecule has 2 N–H and O–H groups in total. The number of halogens is 1. The lowest BCUT2D eigenvalue weighted by Gasteiger charge is -2.29. The predicted octanol–water partition coefficient (Wildman–Crippen LogP) is 3.09. The van der Waals surface area contributed by atoms with Gasteiger partial charge in [0.15, 0.2) is 5.60 Å². The molecule has 2 aliphatic rings. The van der Waals surface area contributed by atoms with Gasteiger partial charge in [-0.05, 0) is 54.8 Å². The number of nitrogens with one attached hydrogen (secondary N) is 2. The third kappa shape index (κ3) is 5.75. The number of carbonyl (C=O) groups excluding carboxylic acids is 2. The molecule has 0 bridgehead atoms. The van der Waals surface area contributed by atoms with Crippen molar-refractivity contribution in [2.75, 3.05) is 45.2 Å². The lowest BCUT2D eigenvalue weighted by molar-refractivity contribution is -0.138. The summed E-state index contributed by atoms with van der Waals surface area (Å²) in [7, 11) is 1.52. The second kappa shape index (κ2) is 12.2. The second-order valence-corrected chi connectivity index (χ2v) is 11.4. The van der Waals surface area contributed by atoms with Crippen molar-refractivity contribution in [3.63, 3.8) is 0 Å². The monoisotopic (exact) mass is 622 g/mol. The molecule has 13 nitrogen and oxygen atoms in total. The van der Waals surface area contributed by atoms with Gasteiger partial charge in [0.05, 0.1) is 18.3 Å². The molecule has 46 heavy (non-hydrogen) atoms. The molecule has 0 aliphatic carbocycles. The van der Waals surface area contributed by atoms with Crippen molar-refractivity contribution in [3.05, 3.63) is 85.0 Å². The van der Waals surface area contributed by atoms with Gasteiger partial charge in [-0.2, -0.15) is 14.6 Å². The molecule has 1 aromatic carbocycles. The molecule has 2 aliphatic heterocycles. The maximum Gasteiger partial charge on any atom is 0.258 e. The van der Waals surface area contributed by atoms with Gasteiger partial charge in [0.2, 0.25) is 17.8 Å². The Morgan fingerprint density at radius 1 is 1.09 bits per heavy atom. The minimum absolute atomic E-state index is 0.00390. The third-order valence-electron chi connectivity index (χ3n) is 8.57. The van der Waals surface area contributed by atoms with E-state index in [0.29, 0.717) is 55.4 Å². The number of hydrogen-bond donors (Lipinski definition) is 2. The molecule has 234 valence electrons. The highest BCUT2D eigenvalue weighted by Crippen LogP contribution is 2.31. The summed E-state index contributed by atoms with van der Waals surface area (Å²) in [4.78, 5) is 42.8. The van der Waals surface area contributed by atoms with E-state index in [1.54, 1.807) is 41.5 Å². The molecule has 2 amide bonds. The first kappa shape index (κ1) is 29.4. The number of amides is 2. The van der Waals surface area contributed by atoms with Crippen LogP contribution in [0.2, 0.25) is 0 Å². The van der Waals surface area contributed by atoms with Gasteiger partial charge in [0.1, 0.15) is 5.69 Å². The van der Waals surface area contributed by atoms with Crippen molar-refractivity contribution >= 4 is 34.0 Å². The fourth-order valence-electron chi connectivity index (χ4n) is 5.97. The van der Waals surface area contributed by atoms with E-state index in [0.717, 1.165) is 22.0 Å². The highest BCUT2D eigenvalue weighted by molar-refractivity contribution is 6.01. The number of H-pyrrole nitrogens is 1. The van der Waals surface area contributed by atoms with E-state index in [9.17, 15) is 14.0 Å². The van der Waals surface area contributed by atoms with Gasteiger partial charge in [-0.25, -0.2) is 19.6 Å². The summed E-state index contributed by atoms with van der Waals surface area (Å²) in [6.07, 6.45) is 11.6. The molecular formula is C32H31FN10O3. The summed E-state index contributed by atoms with van der Waals surface area (Å²) >= 11 is 0. The van der Waals surface area contributed by atoms with E-state index < -0.39 is 11.5 Å². The van der Waals surface area contributed by atoms with Gasteiger partial charge in [0, 0.05) is 80.3 Å². The van der Waals surface area contributed by atoms with Crippen LogP contribution in [-0.4, -0.2) is 102 Å². The minimum Gasteiger partial charge on any atom is -0.367 e. The van der Waals surface area contributed by atoms with Crippen LogP contribution in [0.5, 0.6) is 0 Å². The molecule has 0 radical (unpaired) electrons. The summed E-state index contributed by atoms with van der Waals surface area (Å²) < 4.78 is 20.8. The zero-order chi connectivity index (χ0) is 31.7. The maximum absolute atomic E-state index is 13.6. The van der Waals surface area contributed by atoms with Crippen LogP contribution in [0.1, 0.15) is 18.4 Å². The number of likely N-dealkylation sites (tertiary alicyclic amines) is 1. The fourth-order valence-corrected chi connectivity index (χ4v) is 5.97. The van der Waals surface area contributed by atoms with E-state index in [-0.39, 0.29) is 24.9 Å². The topological polar surface area (TPSA) is 147 Å². The van der Waals surface area contributed by atoms with Gasteiger partial charge in [-0.3, -0.25) is 19.6 Å². The molecule has 7 rings (SSSR count). The van der Waals surface area contributed by atoms with Crippen LogP contribution in [-0.2, 0) is 14.3 Å². The van der Waals surface area contributed by atoms with E-state index in [1.807, 2.05) is 28.1 Å². The molecule has 0 unspecified atom stereocenters. The quantitative estimate of drug-likeness (QED) is 0.249. The predicted molar refractivity (Wildman–Crippen MR) is 167 cm³/mol. The molecule has 5 aromatic rings. The van der Waals surface area contributed by atoms with Crippen molar-refractivity contribution in [2.45, 2.75) is 18.4 Å². The van der Waals surface area contributed by atoms with Crippen molar-refractivity contribution in [2.24, 2.45) is 0 Å². The standard InChI is InChI=1S/C32H31FN10O3/c1-46-32(30(45)38-24-4-5-26-25(15-24)29(40-39-26)22-3-6-27(33)36-16-22)9-14-41(20-32)19-28(44)42-12-7-21(8-13-42)23-17-37-43(18-23)31-34-10-2-11-35-31/h2-7,10-11,15-18H,8-9,12-14,19-20H2,1H3,(H,38,45)(H,39,40)/t32-/m0/s1. The number of nitrogens with zero attached hydrogens (tertiary/aromatic N) is 8. The number of ether oxygens (including phenoxy) is 1. The Bertz CT molecular complexity index is 1920. The lowest BCUT2D eigenvalue weighted by atomic mass is 10.0. The van der Waals surface area contributed by atoms with E-state index in [2.05, 4.69) is 41.6 Å². The van der Waals surface area contributed by atoms with E-state index in [4.69, 9.17) is 4.74 Å². The summed E-state index contributed by atoms with van der Waals surface area (Å²) in [6.45, 7) is 2.12. The molecule has 14 heteroatoms. The number of aromatic amines is 1. The molecular weight excluding hydrogens is 591 g/mol. The molecule has 4 aromatic heterocycles. The van der Waals surface area contributed by atoms with Gasteiger partial charge >= 0.3 is 0 Å². The SMILES string of the molecule is CO[C@@]1(C(=O)Nc2ccc3[nH]nc(-c4ccc(F)nc4)c3c2)CCN(CC(=O)N2CC=C(c3cnn(-c4ncccn4)c3)CC2)C1. The van der Waals surface area contributed by atoms with Gasteiger partial charge in [-0.15, -0.1) is 0 Å². The molecule has 1 fully saturated rings. The van der Waals surface area contributed by atoms with Gasteiger partial charge in [0.25, 0.3) is 5.91 Å². The highest BCUT2D eigenvalue weighted by Gasteiger charge is 2.45. The number of aromatic nitrogens is 7. The number of methoxy groups -OCH3 is 1. The zero-order valence-electron chi connectivity index (χ0n) is 25.1. The number of hydrogen-bond acceptors (Lipinski definition) is 9. The first-order valence-corrected chi connectivity index (χ1v) is 14.9. The average molecular weight is 623 g/mol. The Balaban J connectivity index is 0.968. The number of carbonyl (C=O) groups is 2. The van der Waals surface area contributed by atoms with Crippen molar-refractivity contribution < 1.29 is 18.7 Å². The maximum atomic E-state index is 13.6. The molecule has 1 atom stereocenters. The number of anilines is 1. The summed E-state index contributed by atoms with van der Waals surface area (Å²) in [6, 6.07) is 10.0. The number of rotatable bonds is 8. The van der Waals surface area contributed by atoms with Crippen molar-refractivity contribution in [3.8, 4) is 17.2 Å². The Hall–Kier alpha value is -5.34. The fraction of sp³-hybridized carbons (Fsp3) is 0.281. The average Bonchev–Trinajstić information content (AvgIpc) is 3.85. The Morgan fingerprint density at radius 2 is 1.96 bits per heavy atom. The molecule has 0 saturated carbocycles. The highest BCUT2D eigenvalue weighted by atomic mass is 19.1. The Kier molecular flexibility index (Phi) is 7.80. The summed E-state index contributed by atoms with van der Waals surface area (Å²) in [5, 5.41) is 15.4. The minimum atomic E-state index is -1.10. The van der Waals surface area contributed by atoms with Crippen molar-refractivity contribution in [1.29, 1.82) is 0 Å². The Labute approximate surface area is 263 Å². The van der Waals surface area contributed by atoms with Crippen LogP contribution in [0.25, 0.3) is 33.7 Å². The smallest absolute Gasteiger partial charge is 0.258 e. The summed E-state index contributed by atoms with van der Waals surface area (Å²) in [5.41, 5.74) is 3.58. The third-order valence-corrected chi connectivity index (χ3v) is 8.57. The molecule has 1 saturated heterocycles. The first-order valence-electron chi connectivity index (χ1n) is 14.9. The van der Waals surface area contributed by atoms with Gasteiger partial charge < -0.3 is 15.0 Å². The van der Waals surface area contributed by atoms with Crippen LogP contribution in [0, 0.1) is 5.95 Å². The number of pyridine rings is 1. The van der Waals surface area contributed by atoms with Crippen LogP contribution < -0.4 is 5.32 Å². The zero-order valence-corrected chi connectivity index (χ0v) is 25.1. The van der Waals surface area contributed by atoms with Gasteiger partial charge in [-0.1, -0.05) is 6.08 Å². The Morgan fingerprint density at radius 3 is 2.72 bits per heavy atom. The van der Waals surface area contributed by atoms with E-state index in [1.165, 1.54) is 19.4 Å². The lowest BCUT2D eigenvalue weighted by Crippen LogP contribution is -2.48. The van der Waals surface area contributed by atoms with E-state index >= 15 is 0 Å². The number of benzene rings is 1. The first-order chi connectivity index (χ1) is 22.4. The van der Waals surface area contributed by atoms with Crippen LogP contribution >= 0.6 is 0 Å². The summed E-state index contributed by atoms with van der Waals surface area (Å²) in [5.74, 6) is -0.356. The van der Waals surface area contributed by atoms with Crippen LogP contribution in [0.15, 0.2) is 73.5 Å². The van der Waals surface area contributed by atoms with Crippen LogP contribution in [0.3, 0.4) is 0 Å². The van der Waals surface area contributed by atoms with Crippen LogP contribution in [0.4, 0.5) is 10.1 Å². The number of fused-ring (bicyclic) bond motifs is 1. The second-order valence-electron chi connectivity index (χ2n) is 11.4. The normalized spacial score (nSPS) is 18.6. The largest absolute Gasteiger partial charge is 0.367 e. The molecule has 6 heterocycles. The van der Waals surface area contributed by atoms with Crippen molar-refractivity contribution in [1.82, 2.24) is 44.7 Å². The molecule has 0 spiro atoms.